The number of benzene rings is 2. The Bertz CT molecular complexity index is 859. The van der Waals surface area contributed by atoms with Gasteiger partial charge in [-0.2, -0.15) is 0 Å². The molecule has 0 aromatic heterocycles. The van der Waals surface area contributed by atoms with Gasteiger partial charge in [0.1, 0.15) is 5.82 Å². The third-order valence-corrected chi connectivity index (χ3v) is 3.88. The highest BCUT2D eigenvalue weighted by atomic mass is 19.2. The van der Waals surface area contributed by atoms with Crippen molar-refractivity contribution in [3.8, 4) is 0 Å². The van der Waals surface area contributed by atoms with Crippen molar-refractivity contribution in [2.24, 2.45) is 0 Å². The van der Waals surface area contributed by atoms with Crippen molar-refractivity contribution in [3.63, 3.8) is 0 Å². The van der Waals surface area contributed by atoms with Crippen LogP contribution in [0.3, 0.4) is 0 Å². The van der Waals surface area contributed by atoms with E-state index in [1.165, 1.54) is 24.1 Å². The van der Waals surface area contributed by atoms with Crippen molar-refractivity contribution >= 4 is 17.5 Å². The zero-order valence-electron chi connectivity index (χ0n) is 15.2. The van der Waals surface area contributed by atoms with Crippen molar-refractivity contribution in [3.05, 3.63) is 65.2 Å². The summed E-state index contributed by atoms with van der Waals surface area (Å²) in [4.78, 5) is 25.4. The molecule has 5 nitrogen and oxygen atoms in total. The van der Waals surface area contributed by atoms with E-state index in [1.54, 1.807) is 19.1 Å². The predicted molar refractivity (Wildman–Crippen MR) is 95.4 cm³/mol. The summed E-state index contributed by atoms with van der Waals surface area (Å²) in [6, 6.07) is 6.90. The lowest BCUT2D eigenvalue weighted by Crippen LogP contribution is -2.39. The second-order valence-corrected chi connectivity index (χ2v) is 6.28. The highest BCUT2D eigenvalue weighted by Crippen LogP contribution is 2.19. The van der Waals surface area contributed by atoms with Crippen molar-refractivity contribution < 1.29 is 27.2 Å². The van der Waals surface area contributed by atoms with Crippen molar-refractivity contribution in [1.82, 2.24) is 10.2 Å². The molecule has 0 bridgehead atoms. The summed E-state index contributed by atoms with van der Waals surface area (Å²) in [6.07, 6.45) is 0. The minimum absolute atomic E-state index is 0.140. The second-order valence-electron chi connectivity index (χ2n) is 6.28. The SMILES string of the molecule is C[C@@H](NC(=O)CN(C)CC(=O)Nc1ccc(F)c(F)c1F)c1ccc(F)cc1. The summed E-state index contributed by atoms with van der Waals surface area (Å²) >= 11 is 0. The number of carbonyl (C=O) groups is 2. The van der Waals surface area contributed by atoms with Crippen LogP contribution >= 0.6 is 0 Å². The Kier molecular flexibility index (Phi) is 7.11. The van der Waals surface area contributed by atoms with E-state index in [9.17, 15) is 27.2 Å². The van der Waals surface area contributed by atoms with E-state index >= 15 is 0 Å². The second kappa shape index (κ2) is 9.32. The smallest absolute Gasteiger partial charge is 0.238 e. The molecule has 0 aliphatic carbocycles. The fourth-order valence-corrected chi connectivity index (χ4v) is 2.48. The van der Waals surface area contributed by atoms with Gasteiger partial charge in [0, 0.05) is 0 Å². The number of nitrogens with one attached hydrogen (secondary N) is 2. The maximum Gasteiger partial charge on any atom is 0.238 e. The van der Waals surface area contributed by atoms with Gasteiger partial charge in [-0.15, -0.1) is 0 Å². The van der Waals surface area contributed by atoms with Crippen LogP contribution in [0.15, 0.2) is 36.4 Å². The summed E-state index contributed by atoms with van der Waals surface area (Å²) in [5.41, 5.74) is 0.218. The number of carbonyl (C=O) groups excluding carboxylic acids is 2. The fourth-order valence-electron chi connectivity index (χ4n) is 2.48. The van der Waals surface area contributed by atoms with Crippen LogP contribution in [-0.2, 0) is 9.59 Å². The molecule has 1 atom stereocenters. The van der Waals surface area contributed by atoms with Crippen LogP contribution in [0.1, 0.15) is 18.5 Å². The van der Waals surface area contributed by atoms with Crippen LogP contribution in [0.5, 0.6) is 0 Å². The Balaban J connectivity index is 1.84. The first-order valence-corrected chi connectivity index (χ1v) is 8.34. The molecular weight excluding hydrogens is 378 g/mol. The van der Waals surface area contributed by atoms with E-state index < -0.39 is 29.0 Å². The van der Waals surface area contributed by atoms with Crippen LogP contribution in [0.2, 0.25) is 0 Å². The molecule has 0 fully saturated rings. The van der Waals surface area contributed by atoms with Crippen LogP contribution in [0.4, 0.5) is 23.2 Å². The Morgan fingerprint density at radius 3 is 2.18 bits per heavy atom. The fraction of sp³-hybridized carbons (Fsp3) is 0.263. The molecular formula is C19H19F4N3O2. The van der Waals surface area contributed by atoms with Crippen LogP contribution < -0.4 is 10.6 Å². The monoisotopic (exact) mass is 397 g/mol. The van der Waals surface area contributed by atoms with Gasteiger partial charge in [-0.05, 0) is 43.8 Å². The number of amides is 2. The molecule has 0 spiro atoms. The van der Waals surface area contributed by atoms with E-state index in [0.717, 1.165) is 6.07 Å². The van der Waals surface area contributed by atoms with Gasteiger partial charge < -0.3 is 10.6 Å². The first-order valence-electron chi connectivity index (χ1n) is 8.34. The molecule has 150 valence electrons. The zero-order valence-corrected chi connectivity index (χ0v) is 15.2. The minimum atomic E-state index is -1.68. The number of anilines is 1. The average molecular weight is 397 g/mol. The van der Waals surface area contributed by atoms with Gasteiger partial charge in [-0.1, -0.05) is 12.1 Å². The lowest BCUT2D eigenvalue weighted by atomic mass is 10.1. The molecule has 0 unspecified atom stereocenters. The Labute approximate surface area is 159 Å². The van der Waals surface area contributed by atoms with Gasteiger partial charge in [0.15, 0.2) is 17.5 Å². The highest BCUT2D eigenvalue weighted by molar-refractivity contribution is 5.92. The maximum atomic E-state index is 13.6. The summed E-state index contributed by atoms with van der Waals surface area (Å²) in [6.45, 7) is 1.31. The van der Waals surface area contributed by atoms with Gasteiger partial charge >= 0.3 is 0 Å². The molecule has 9 heteroatoms. The minimum Gasteiger partial charge on any atom is -0.348 e. The lowest BCUT2D eigenvalue weighted by Gasteiger charge is -2.19. The van der Waals surface area contributed by atoms with E-state index in [-0.39, 0.29) is 30.9 Å². The van der Waals surface area contributed by atoms with Crippen LogP contribution in [-0.4, -0.2) is 36.9 Å². The first-order chi connectivity index (χ1) is 13.2. The molecule has 0 saturated carbocycles. The Morgan fingerprint density at radius 2 is 1.54 bits per heavy atom. The van der Waals surface area contributed by atoms with E-state index in [2.05, 4.69) is 10.6 Å². The molecule has 2 rings (SSSR count). The molecule has 0 radical (unpaired) electrons. The lowest BCUT2D eigenvalue weighted by molar-refractivity contribution is -0.123. The average Bonchev–Trinajstić information content (AvgIpc) is 2.62. The summed E-state index contributed by atoms with van der Waals surface area (Å²) in [5.74, 6) is -6.01. The number of hydrogen-bond acceptors (Lipinski definition) is 3. The summed E-state index contributed by atoms with van der Waals surface area (Å²) in [5, 5.41) is 4.83. The molecule has 2 aromatic rings. The van der Waals surface area contributed by atoms with E-state index in [1.807, 2.05) is 0 Å². The van der Waals surface area contributed by atoms with Gasteiger partial charge in [-0.3, -0.25) is 14.5 Å². The summed E-state index contributed by atoms with van der Waals surface area (Å²) < 4.78 is 52.6. The quantitative estimate of drug-likeness (QED) is 0.558. The van der Waals surface area contributed by atoms with Crippen molar-refractivity contribution in [1.29, 1.82) is 0 Å². The topological polar surface area (TPSA) is 61.4 Å². The Hall–Kier alpha value is -2.94. The zero-order chi connectivity index (χ0) is 20.8. The molecule has 2 amide bonds. The molecule has 0 aliphatic rings. The maximum absolute atomic E-state index is 13.6. The Morgan fingerprint density at radius 1 is 0.929 bits per heavy atom. The van der Waals surface area contributed by atoms with Crippen molar-refractivity contribution in [2.75, 3.05) is 25.5 Å². The number of nitrogens with zero attached hydrogens (tertiary/aromatic N) is 1. The molecule has 0 heterocycles. The number of likely N-dealkylation sites (N-methyl/N-ethyl adjacent to an activating group) is 1. The van der Waals surface area contributed by atoms with Crippen molar-refractivity contribution in [2.45, 2.75) is 13.0 Å². The normalized spacial score (nSPS) is 12.0. The number of hydrogen-bond donors (Lipinski definition) is 2. The molecule has 0 aliphatic heterocycles. The van der Waals surface area contributed by atoms with Gasteiger partial charge in [0.25, 0.3) is 0 Å². The third kappa shape index (κ3) is 5.78. The van der Waals surface area contributed by atoms with E-state index in [0.29, 0.717) is 11.6 Å². The standard InChI is InChI=1S/C19H19F4N3O2/c1-11(12-3-5-13(20)6-4-12)24-16(27)9-26(2)10-17(28)25-15-8-7-14(21)18(22)19(15)23/h3-8,11H,9-10H2,1-2H3,(H,24,27)(H,25,28)/t11-/m1/s1. The first kappa shape index (κ1) is 21.4. The molecule has 0 saturated heterocycles. The molecule has 2 N–H and O–H groups in total. The van der Waals surface area contributed by atoms with Gasteiger partial charge in [-0.25, -0.2) is 17.6 Å². The molecule has 28 heavy (non-hydrogen) atoms. The summed E-state index contributed by atoms with van der Waals surface area (Å²) in [7, 11) is 1.49. The van der Waals surface area contributed by atoms with Gasteiger partial charge in [0.05, 0.1) is 24.8 Å². The number of rotatable bonds is 7. The van der Waals surface area contributed by atoms with Gasteiger partial charge in [0.2, 0.25) is 11.8 Å². The van der Waals surface area contributed by atoms with Crippen LogP contribution in [0, 0.1) is 23.3 Å². The largest absolute Gasteiger partial charge is 0.348 e. The third-order valence-electron chi connectivity index (χ3n) is 3.88. The molecule has 2 aromatic carbocycles. The highest BCUT2D eigenvalue weighted by Gasteiger charge is 2.17. The van der Waals surface area contributed by atoms with Crippen LogP contribution in [0.25, 0.3) is 0 Å². The number of halogens is 4. The van der Waals surface area contributed by atoms with E-state index in [4.69, 9.17) is 0 Å². The predicted octanol–water partition coefficient (Wildman–Crippen LogP) is 2.99.